The number of nitriles is 1. The molecule has 0 radical (unpaired) electrons. The first kappa shape index (κ1) is 14.3. The normalized spacial score (nSPS) is 21.1. The highest BCUT2D eigenvalue weighted by molar-refractivity contribution is 7.91. The van der Waals surface area contributed by atoms with E-state index in [0.717, 1.165) is 0 Å². The fraction of sp³-hybridized carbons (Fsp3) is 0.417. The lowest BCUT2D eigenvalue weighted by atomic mass is 10.1. The molecule has 2 heterocycles. The first-order chi connectivity index (χ1) is 9.43. The summed E-state index contributed by atoms with van der Waals surface area (Å²) in [6, 6.07) is 4.46. The third-order valence-electron chi connectivity index (χ3n) is 3.12. The van der Waals surface area contributed by atoms with E-state index in [0.29, 0.717) is 11.4 Å². The van der Waals surface area contributed by atoms with Crippen LogP contribution in [0.2, 0.25) is 0 Å². The van der Waals surface area contributed by atoms with E-state index in [1.165, 1.54) is 6.20 Å². The molecule has 2 rings (SSSR count). The van der Waals surface area contributed by atoms with Crippen LogP contribution in [0.25, 0.3) is 0 Å². The van der Waals surface area contributed by atoms with Crippen molar-refractivity contribution in [3.05, 3.63) is 23.9 Å². The summed E-state index contributed by atoms with van der Waals surface area (Å²) in [6.07, 6.45) is 1.19. The molecule has 20 heavy (non-hydrogen) atoms. The van der Waals surface area contributed by atoms with Crippen LogP contribution in [-0.2, 0) is 14.6 Å². The summed E-state index contributed by atoms with van der Waals surface area (Å²) in [5.41, 5.74) is 0.308. The van der Waals surface area contributed by atoms with Crippen molar-refractivity contribution in [3.63, 3.8) is 0 Å². The average Bonchev–Trinajstić information content (AvgIpc) is 2.37. The summed E-state index contributed by atoms with van der Waals surface area (Å²) in [6.45, 7) is 0.145. The van der Waals surface area contributed by atoms with E-state index in [4.69, 9.17) is 10.4 Å². The quantitative estimate of drug-likeness (QED) is 0.837. The van der Waals surface area contributed by atoms with Gasteiger partial charge in [0.1, 0.15) is 11.9 Å². The van der Waals surface area contributed by atoms with Crippen LogP contribution in [0.15, 0.2) is 18.3 Å². The molecule has 0 aromatic carbocycles. The first-order valence-corrected chi connectivity index (χ1v) is 7.79. The Morgan fingerprint density at radius 1 is 1.60 bits per heavy atom. The molecule has 1 aliphatic heterocycles. The predicted molar refractivity (Wildman–Crippen MR) is 71.0 cm³/mol. The second-order valence-corrected chi connectivity index (χ2v) is 6.77. The van der Waals surface area contributed by atoms with Crippen molar-refractivity contribution in [1.29, 1.82) is 5.26 Å². The molecule has 0 bridgehead atoms. The van der Waals surface area contributed by atoms with Crippen molar-refractivity contribution in [1.82, 2.24) is 4.98 Å². The number of anilines is 1. The van der Waals surface area contributed by atoms with Gasteiger partial charge in [0.15, 0.2) is 9.84 Å². The Bertz CT molecular complexity index is 666. The van der Waals surface area contributed by atoms with E-state index in [1.54, 1.807) is 17.0 Å². The molecule has 1 atom stereocenters. The van der Waals surface area contributed by atoms with E-state index >= 15 is 0 Å². The highest BCUT2D eigenvalue weighted by Gasteiger charge is 2.34. The Morgan fingerprint density at radius 2 is 2.35 bits per heavy atom. The van der Waals surface area contributed by atoms with Gasteiger partial charge in [0, 0.05) is 12.7 Å². The molecule has 1 aliphatic rings. The minimum Gasteiger partial charge on any atom is -0.481 e. The summed E-state index contributed by atoms with van der Waals surface area (Å²) in [4.78, 5) is 16.6. The third-order valence-corrected chi connectivity index (χ3v) is 4.82. The number of pyridine rings is 1. The molecular weight excluding hydrogens is 282 g/mol. The predicted octanol–water partition coefficient (Wildman–Crippen LogP) is 0.0314. The van der Waals surface area contributed by atoms with E-state index in [2.05, 4.69) is 4.98 Å². The van der Waals surface area contributed by atoms with Gasteiger partial charge in [-0.15, -0.1) is 0 Å². The van der Waals surface area contributed by atoms with Gasteiger partial charge >= 0.3 is 5.97 Å². The van der Waals surface area contributed by atoms with Gasteiger partial charge < -0.3 is 10.0 Å². The van der Waals surface area contributed by atoms with Gasteiger partial charge in [-0.05, 0) is 12.1 Å². The van der Waals surface area contributed by atoms with E-state index < -0.39 is 21.8 Å². The number of hydrogen-bond donors (Lipinski definition) is 1. The third kappa shape index (κ3) is 3.05. The highest BCUT2D eigenvalue weighted by atomic mass is 32.2. The molecule has 7 nitrogen and oxygen atoms in total. The molecule has 1 unspecified atom stereocenters. The average molecular weight is 295 g/mol. The Kier molecular flexibility index (Phi) is 3.90. The van der Waals surface area contributed by atoms with Gasteiger partial charge in [0.05, 0.1) is 29.5 Å². The summed E-state index contributed by atoms with van der Waals surface area (Å²) >= 11 is 0. The molecule has 0 aliphatic carbocycles. The number of rotatable bonds is 3. The number of carboxylic acids is 1. The highest BCUT2D eigenvalue weighted by Crippen LogP contribution is 2.24. The van der Waals surface area contributed by atoms with E-state index in [9.17, 15) is 13.2 Å². The van der Waals surface area contributed by atoms with E-state index in [-0.39, 0.29) is 24.5 Å². The molecule has 106 valence electrons. The topological polar surface area (TPSA) is 111 Å². The number of aliphatic carboxylic acids is 1. The fourth-order valence-corrected chi connectivity index (χ4v) is 3.77. The second kappa shape index (κ2) is 5.46. The maximum absolute atomic E-state index is 11.7. The molecule has 0 spiro atoms. The molecule has 1 N–H and O–H groups in total. The van der Waals surface area contributed by atoms with Gasteiger partial charge in [-0.3, -0.25) is 4.79 Å². The number of aromatic nitrogens is 1. The van der Waals surface area contributed by atoms with Crippen LogP contribution in [0.1, 0.15) is 12.0 Å². The molecule has 1 aromatic heterocycles. The second-order valence-electron chi connectivity index (χ2n) is 4.55. The van der Waals surface area contributed by atoms with Gasteiger partial charge in [-0.25, -0.2) is 13.4 Å². The zero-order chi connectivity index (χ0) is 14.8. The number of hydrogen-bond acceptors (Lipinski definition) is 6. The largest absolute Gasteiger partial charge is 0.481 e. The molecule has 0 amide bonds. The van der Waals surface area contributed by atoms with Crippen molar-refractivity contribution >= 4 is 21.6 Å². The van der Waals surface area contributed by atoms with Gasteiger partial charge in [0.25, 0.3) is 0 Å². The summed E-state index contributed by atoms with van der Waals surface area (Å²) < 4.78 is 23.3. The van der Waals surface area contributed by atoms with Crippen molar-refractivity contribution in [2.75, 3.05) is 23.0 Å². The van der Waals surface area contributed by atoms with E-state index in [1.807, 2.05) is 6.07 Å². The fourth-order valence-electron chi connectivity index (χ4n) is 2.25. The van der Waals surface area contributed by atoms with Gasteiger partial charge in [-0.2, -0.15) is 5.26 Å². The summed E-state index contributed by atoms with van der Waals surface area (Å²) in [7, 11) is -3.25. The smallest absolute Gasteiger partial charge is 0.305 e. The molecule has 1 fully saturated rings. The van der Waals surface area contributed by atoms with Crippen LogP contribution >= 0.6 is 0 Å². The van der Waals surface area contributed by atoms with Crippen molar-refractivity contribution in [2.45, 2.75) is 12.5 Å². The number of nitrogens with zero attached hydrogens (tertiary/aromatic N) is 3. The maximum Gasteiger partial charge on any atom is 0.305 e. The van der Waals surface area contributed by atoms with Crippen LogP contribution in [0.4, 0.5) is 5.82 Å². The lowest BCUT2D eigenvalue weighted by Crippen LogP contribution is -2.50. The summed E-state index contributed by atoms with van der Waals surface area (Å²) in [5, 5.41) is 18.0. The Balaban J connectivity index is 2.38. The molecule has 1 aromatic rings. The minimum atomic E-state index is -3.25. The summed E-state index contributed by atoms with van der Waals surface area (Å²) in [5.74, 6) is -1.03. The van der Waals surface area contributed by atoms with Gasteiger partial charge in [0.2, 0.25) is 0 Å². The zero-order valence-corrected chi connectivity index (χ0v) is 11.4. The molecule has 0 saturated carbocycles. The minimum absolute atomic E-state index is 0.0649. The molecule has 1 saturated heterocycles. The first-order valence-electron chi connectivity index (χ1n) is 5.97. The lowest BCUT2D eigenvalue weighted by Gasteiger charge is -2.35. The SMILES string of the molecule is N#Cc1cccnc1N1CCS(=O)(=O)CC1CC(=O)O. The van der Waals surface area contributed by atoms with Crippen molar-refractivity contribution in [3.8, 4) is 6.07 Å². The zero-order valence-electron chi connectivity index (χ0n) is 10.6. The Labute approximate surface area is 116 Å². The lowest BCUT2D eigenvalue weighted by molar-refractivity contribution is -0.137. The number of carboxylic acid groups (broad SMARTS) is 1. The number of sulfone groups is 1. The van der Waals surface area contributed by atoms with Crippen LogP contribution in [0, 0.1) is 11.3 Å². The van der Waals surface area contributed by atoms with Gasteiger partial charge in [-0.1, -0.05) is 0 Å². The van der Waals surface area contributed by atoms with Crippen LogP contribution in [0.5, 0.6) is 0 Å². The Hall–Kier alpha value is -2.14. The van der Waals surface area contributed by atoms with Crippen LogP contribution in [0.3, 0.4) is 0 Å². The molecule has 8 heteroatoms. The maximum atomic E-state index is 11.7. The number of carbonyl (C=O) groups is 1. The van der Waals surface area contributed by atoms with Crippen LogP contribution in [-0.4, -0.2) is 48.6 Å². The van der Waals surface area contributed by atoms with Crippen molar-refractivity contribution < 1.29 is 18.3 Å². The standard InChI is InChI=1S/C12H13N3O4S/c13-7-9-2-1-3-14-12(9)15-4-5-20(18,19)8-10(15)6-11(16)17/h1-3,10H,4-6,8H2,(H,16,17). The monoisotopic (exact) mass is 295 g/mol. The molecular formula is C12H13N3O4S. The van der Waals surface area contributed by atoms with Crippen LogP contribution < -0.4 is 4.90 Å². The van der Waals surface area contributed by atoms with Crippen molar-refractivity contribution in [2.24, 2.45) is 0 Å². The Morgan fingerprint density at radius 3 is 3.00 bits per heavy atom.